The maximum atomic E-state index is 11.1. The van der Waals surface area contributed by atoms with Gasteiger partial charge in [0.1, 0.15) is 5.75 Å². The van der Waals surface area contributed by atoms with Gasteiger partial charge in [-0.15, -0.1) is 0 Å². The van der Waals surface area contributed by atoms with Gasteiger partial charge >= 0.3 is 5.97 Å². The lowest BCUT2D eigenvalue weighted by molar-refractivity contribution is 0.0697. The van der Waals surface area contributed by atoms with E-state index in [4.69, 9.17) is 19.6 Å². The number of hydrogen-bond acceptors (Lipinski definition) is 7. The fourth-order valence-electron chi connectivity index (χ4n) is 3.60. The fraction of sp³-hybridized carbons (Fsp3) is 0.231. The van der Waals surface area contributed by atoms with Crippen LogP contribution in [0.15, 0.2) is 67.0 Å². The van der Waals surface area contributed by atoms with E-state index in [1.165, 1.54) is 12.1 Å². The quantitative estimate of drug-likeness (QED) is 0.444. The zero-order valence-corrected chi connectivity index (χ0v) is 19.1. The zero-order chi connectivity index (χ0) is 23.9. The maximum absolute atomic E-state index is 11.1. The van der Waals surface area contributed by atoms with Gasteiger partial charge in [-0.05, 0) is 42.5 Å². The second kappa shape index (κ2) is 10.7. The summed E-state index contributed by atoms with van der Waals surface area (Å²) in [5, 5.41) is 9.09. The number of aromatic carboxylic acids is 1. The molecule has 0 spiro atoms. The number of carbonyl (C=O) groups is 1. The third-order valence-corrected chi connectivity index (χ3v) is 5.28. The third-order valence-electron chi connectivity index (χ3n) is 5.28. The average molecular weight is 459 g/mol. The molecule has 0 radical (unpaired) electrons. The number of ether oxygens (including phenoxy) is 2. The van der Waals surface area contributed by atoms with E-state index in [2.05, 4.69) is 27.0 Å². The Morgan fingerprint density at radius 1 is 0.971 bits per heavy atom. The summed E-state index contributed by atoms with van der Waals surface area (Å²) in [6.45, 7) is 7.23. The highest BCUT2D eigenvalue weighted by molar-refractivity contribution is 5.88. The highest BCUT2D eigenvalue weighted by Gasteiger charge is 2.14. The van der Waals surface area contributed by atoms with E-state index >= 15 is 0 Å². The molecule has 3 heterocycles. The third kappa shape index (κ3) is 5.13. The number of rotatable bonds is 5. The molecule has 1 saturated heterocycles. The second-order valence-electron chi connectivity index (χ2n) is 7.31. The van der Waals surface area contributed by atoms with Crippen LogP contribution in [0.4, 0.5) is 5.69 Å². The first-order valence-corrected chi connectivity index (χ1v) is 11.2. The number of hydrogen-bond donors (Lipinski definition) is 1. The molecule has 0 atom stereocenters. The molecular weight excluding hydrogens is 432 g/mol. The molecule has 1 fully saturated rings. The molecule has 34 heavy (non-hydrogen) atoms. The summed E-state index contributed by atoms with van der Waals surface area (Å²) in [5.41, 5.74) is 4.16. The van der Waals surface area contributed by atoms with Crippen molar-refractivity contribution in [1.82, 2.24) is 15.0 Å². The number of pyridine rings is 1. The highest BCUT2D eigenvalue weighted by atomic mass is 16.5. The van der Waals surface area contributed by atoms with Gasteiger partial charge in [-0.25, -0.2) is 14.8 Å². The fourth-order valence-corrected chi connectivity index (χ4v) is 3.60. The average Bonchev–Trinajstić information content (AvgIpc) is 2.91. The highest BCUT2D eigenvalue weighted by Crippen LogP contribution is 2.31. The minimum Gasteiger partial charge on any atom is -0.478 e. The van der Waals surface area contributed by atoms with Crippen LogP contribution in [0.1, 0.15) is 24.2 Å². The minimum absolute atomic E-state index is 0.184. The van der Waals surface area contributed by atoms with E-state index in [-0.39, 0.29) is 5.56 Å². The summed E-state index contributed by atoms with van der Waals surface area (Å²) in [6, 6.07) is 16.3. The first kappa shape index (κ1) is 23.1. The van der Waals surface area contributed by atoms with Crippen LogP contribution in [0.2, 0.25) is 0 Å². The van der Waals surface area contributed by atoms with Gasteiger partial charge in [-0.2, -0.15) is 0 Å². The first-order valence-electron chi connectivity index (χ1n) is 11.2. The molecule has 8 heteroatoms. The van der Waals surface area contributed by atoms with Gasteiger partial charge in [0.15, 0.2) is 5.52 Å². The lowest BCUT2D eigenvalue weighted by Crippen LogP contribution is -2.36. The van der Waals surface area contributed by atoms with Crippen molar-refractivity contribution in [1.29, 1.82) is 0 Å². The molecule has 5 rings (SSSR count). The number of anilines is 1. The molecule has 8 nitrogen and oxygen atoms in total. The lowest BCUT2D eigenvalue weighted by Gasteiger charge is -2.28. The number of benzene rings is 2. The summed E-state index contributed by atoms with van der Waals surface area (Å²) in [6.07, 6.45) is 3.21. The van der Waals surface area contributed by atoms with Crippen LogP contribution in [0.25, 0.3) is 22.3 Å². The number of aromatic nitrogens is 3. The van der Waals surface area contributed by atoms with E-state index in [9.17, 15) is 4.79 Å². The van der Waals surface area contributed by atoms with E-state index in [0.717, 1.165) is 37.6 Å². The SMILES string of the molecule is CC.O=C(O)c1ccc(Oc2nc(-c3ccc(N4CCOCC4)cc3)cc3nccnc23)cc1. The van der Waals surface area contributed by atoms with Crippen molar-refractivity contribution < 1.29 is 19.4 Å². The largest absolute Gasteiger partial charge is 0.478 e. The molecular formula is C26H26N4O4. The normalized spacial score (nSPS) is 13.2. The van der Waals surface area contributed by atoms with Crippen LogP contribution in [0, 0.1) is 0 Å². The Balaban J connectivity index is 0.00000133. The van der Waals surface area contributed by atoms with Gasteiger partial charge < -0.3 is 19.5 Å². The van der Waals surface area contributed by atoms with Crippen LogP contribution >= 0.6 is 0 Å². The monoisotopic (exact) mass is 458 g/mol. The predicted molar refractivity (Wildman–Crippen MR) is 131 cm³/mol. The van der Waals surface area contributed by atoms with Crippen LogP contribution in [-0.2, 0) is 4.74 Å². The Bertz CT molecular complexity index is 1250. The number of nitrogens with zero attached hydrogens (tertiary/aromatic N) is 4. The van der Waals surface area contributed by atoms with Crippen molar-refractivity contribution in [3.8, 4) is 22.9 Å². The first-order chi connectivity index (χ1) is 16.7. The molecule has 0 aliphatic carbocycles. The molecule has 0 bridgehead atoms. The Labute approximate surface area is 197 Å². The predicted octanol–water partition coefficient (Wildman–Crippen LogP) is 5.05. The van der Waals surface area contributed by atoms with Gasteiger partial charge in [-0.1, -0.05) is 26.0 Å². The number of fused-ring (bicyclic) bond motifs is 1. The summed E-state index contributed by atoms with van der Waals surface area (Å²) in [7, 11) is 0. The van der Waals surface area contributed by atoms with Crippen molar-refractivity contribution in [3.63, 3.8) is 0 Å². The van der Waals surface area contributed by atoms with E-state index in [1.807, 2.05) is 32.0 Å². The second-order valence-corrected chi connectivity index (χ2v) is 7.31. The van der Waals surface area contributed by atoms with Crippen molar-refractivity contribution in [3.05, 3.63) is 72.6 Å². The molecule has 2 aromatic carbocycles. The Morgan fingerprint density at radius 3 is 2.32 bits per heavy atom. The molecule has 2 aromatic heterocycles. The standard InChI is InChI=1S/C24H20N4O4.C2H6/c29-24(30)17-3-7-19(8-4-17)32-23-22-21(25-9-10-26-22)15-20(27-23)16-1-5-18(6-2-16)28-11-13-31-14-12-28;1-2/h1-10,15H,11-14H2,(H,29,30);1-2H3. The lowest BCUT2D eigenvalue weighted by atomic mass is 10.1. The summed E-state index contributed by atoms with van der Waals surface area (Å²) in [5.74, 6) is -0.214. The van der Waals surface area contributed by atoms with Gasteiger partial charge in [-0.3, -0.25) is 4.98 Å². The summed E-state index contributed by atoms with van der Waals surface area (Å²) >= 11 is 0. The Kier molecular flexibility index (Phi) is 7.29. The number of carboxylic acid groups (broad SMARTS) is 1. The number of morpholine rings is 1. The topological polar surface area (TPSA) is 97.7 Å². The zero-order valence-electron chi connectivity index (χ0n) is 19.1. The van der Waals surface area contributed by atoms with Crippen LogP contribution in [0.3, 0.4) is 0 Å². The Hall–Kier alpha value is -4.04. The van der Waals surface area contributed by atoms with Crippen molar-refractivity contribution in [2.75, 3.05) is 31.2 Å². The van der Waals surface area contributed by atoms with E-state index < -0.39 is 5.97 Å². The maximum Gasteiger partial charge on any atom is 0.335 e. The molecule has 174 valence electrons. The molecule has 1 aliphatic rings. The molecule has 0 saturated carbocycles. The Morgan fingerprint density at radius 2 is 1.65 bits per heavy atom. The summed E-state index contributed by atoms with van der Waals surface area (Å²) < 4.78 is 11.4. The van der Waals surface area contributed by atoms with Gasteiger partial charge in [0.2, 0.25) is 5.88 Å². The van der Waals surface area contributed by atoms with Crippen molar-refractivity contribution in [2.45, 2.75) is 13.8 Å². The summed E-state index contributed by atoms with van der Waals surface area (Å²) in [4.78, 5) is 26.9. The van der Waals surface area contributed by atoms with Crippen molar-refractivity contribution >= 4 is 22.7 Å². The van der Waals surface area contributed by atoms with Crippen LogP contribution in [-0.4, -0.2) is 52.3 Å². The van der Waals surface area contributed by atoms with Gasteiger partial charge in [0.05, 0.1) is 30.0 Å². The van der Waals surface area contributed by atoms with Gasteiger partial charge in [0, 0.05) is 36.7 Å². The molecule has 4 aromatic rings. The number of carboxylic acids is 1. The molecule has 0 amide bonds. The van der Waals surface area contributed by atoms with Crippen LogP contribution < -0.4 is 9.64 Å². The molecule has 1 N–H and O–H groups in total. The van der Waals surface area contributed by atoms with Crippen LogP contribution in [0.5, 0.6) is 11.6 Å². The minimum atomic E-state index is -0.992. The van der Waals surface area contributed by atoms with E-state index in [0.29, 0.717) is 28.4 Å². The van der Waals surface area contributed by atoms with Crippen molar-refractivity contribution in [2.24, 2.45) is 0 Å². The molecule has 0 unspecified atom stereocenters. The van der Waals surface area contributed by atoms with E-state index in [1.54, 1.807) is 24.5 Å². The smallest absolute Gasteiger partial charge is 0.335 e. The molecule has 1 aliphatic heterocycles. The van der Waals surface area contributed by atoms with Gasteiger partial charge in [0.25, 0.3) is 0 Å².